The normalized spacial score (nSPS) is 20.0. The average molecular weight is 457 g/mol. The van der Waals surface area contributed by atoms with E-state index >= 15 is 0 Å². The summed E-state index contributed by atoms with van der Waals surface area (Å²) >= 11 is 0. The molecule has 12 heteroatoms. The van der Waals surface area contributed by atoms with Gasteiger partial charge >= 0.3 is 17.9 Å². The highest BCUT2D eigenvalue weighted by Crippen LogP contribution is 2.36. The third-order valence-corrected chi connectivity index (χ3v) is 4.94. The lowest BCUT2D eigenvalue weighted by molar-refractivity contribution is -0.153. The number of imidazole rings is 1. The molecule has 1 aliphatic heterocycles. The van der Waals surface area contributed by atoms with Crippen molar-refractivity contribution in [2.24, 2.45) is 0 Å². The van der Waals surface area contributed by atoms with E-state index in [2.05, 4.69) is 15.0 Å². The van der Waals surface area contributed by atoms with Crippen molar-refractivity contribution in [2.75, 3.05) is 12.3 Å². The lowest BCUT2D eigenvalue weighted by Gasteiger charge is -2.21. The van der Waals surface area contributed by atoms with Gasteiger partial charge in [-0.15, -0.1) is 0 Å². The Morgan fingerprint density at radius 1 is 1.21 bits per heavy atom. The van der Waals surface area contributed by atoms with Gasteiger partial charge in [-0.25, -0.2) is 4.57 Å². The number of aromatic amines is 1. The van der Waals surface area contributed by atoms with Crippen LogP contribution >= 0.6 is 0 Å². The number of aromatic nitrogens is 4. The fourth-order valence-corrected chi connectivity index (χ4v) is 3.61. The molecule has 33 heavy (non-hydrogen) atoms. The maximum atomic E-state index is 12.5. The molecule has 12 nitrogen and oxygen atoms in total. The zero-order valence-electron chi connectivity index (χ0n) is 18.0. The second-order valence-electron chi connectivity index (χ2n) is 7.50. The summed E-state index contributed by atoms with van der Waals surface area (Å²) in [5.41, 5.74) is 6.16. The van der Waals surface area contributed by atoms with Gasteiger partial charge in [0, 0.05) is 20.3 Å². The molecule has 0 unspecified atom stereocenters. The topological polar surface area (TPSA) is 161 Å². The van der Waals surface area contributed by atoms with E-state index in [1.807, 2.05) is 30.3 Å². The van der Waals surface area contributed by atoms with Crippen molar-refractivity contribution in [3.05, 3.63) is 46.2 Å². The van der Waals surface area contributed by atoms with Crippen LogP contribution in [0.1, 0.15) is 32.1 Å². The first-order valence-electron chi connectivity index (χ1n) is 10.2. The second kappa shape index (κ2) is 9.28. The monoisotopic (exact) mass is 457 g/mol. The molecule has 0 amide bonds. The summed E-state index contributed by atoms with van der Waals surface area (Å²) in [7, 11) is 0. The first-order chi connectivity index (χ1) is 15.8. The Morgan fingerprint density at radius 3 is 2.67 bits per heavy atom. The first kappa shape index (κ1) is 22.3. The third-order valence-electron chi connectivity index (χ3n) is 4.94. The summed E-state index contributed by atoms with van der Waals surface area (Å²) in [5.74, 6) is -1.11. The van der Waals surface area contributed by atoms with Gasteiger partial charge in [0.15, 0.2) is 17.4 Å². The summed E-state index contributed by atoms with van der Waals surface area (Å²) in [6, 6.07) is 9.39. The Labute approximate surface area is 187 Å². The molecule has 3 atom stereocenters. The lowest BCUT2D eigenvalue weighted by Crippen LogP contribution is -2.26. The number of fused-ring (bicyclic) bond motifs is 1. The van der Waals surface area contributed by atoms with E-state index < -0.39 is 35.9 Å². The van der Waals surface area contributed by atoms with Crippen LogP contribution in [0.25, 0.3) is 11.2 Å². The lowest BCUT2D eigenvalue weighted by atomic mass is 10.2. The fourth-order valence-electron chi connectivity index (χ4n) is 3.61. The highest BCUT2D eigenvalue weighted by atomic mass is 16.6. The molecule has 0 aliphatic carbocycles. The Kier molecular flexibility index (Phi) is 6.27. The predicted octanol–water partition coefficient (Wildman–Crippen LogP) is 1.06. The van der Waals surface area contributed by atoms with Crippen LogP contribution in [0.15, 0.2) is 35.1 Å². The summed E-state index contributed by atoms with van der Waals surface area (Å²) in [6.07, 6.45) is -2.05. The van der Waals surface area contributed by atoms with Crippen molar-refractivity contribution in [2.45, 2.75) is 45.3 Å². The number of hydrogen-bond acceptors (Lipinski definition) is 10. The van der Waals surface area contributed by atoms with Gasteiger partial charge in [0.05, 0.1) is 6.10 Å². The molecule has 174 valence electrons. The number of carbonyl (C=O) groups excluding carboxylic acids is 2. The van der Waals surface area contributed by atoms with Gasteiger partial charge < -0.3 is 24.7 Å². The summed E-state index contributed by atoms with van der Waals surface area (Å²) < 4.78 is 23.9. The summed E-state index contributed by atoms with van der Waals surface area (Å²) in [6.45, 7) is 2.68. The minimum atomic E-state index is -0.945. The molecule has 0 bridgehead atoms. The number of H-pyrrole nitrogens is 1. The number of anilines is 1. The van der Waals surface area contributed by atoms with Gasteiger partial charge in [0.25, 0.3) is 5.56 Å². The maximum absolute atomic E-state index is 12.5. The molecule has 2 aromatic heterocycles. The van der Waals surface area contributed by atoms with Crippen LogP contribution in [0, 0.1) is 0 Å². The number of nitrogens with zero attached hydrogens (tertiary/aromatic N) is 3. The minimum Gasteiger partial charge on any atom is -0.463 e. The second-order valence-corrected chi connectivity index (χ2v) is 7.50. The number of nitrogen functional groups attached to an aromatic ring is 1. The number of hydrogen-bond donors (Lipinski definition) is 2. The largest absolute Gasteiger partial charge is 0.463 e. The standard InChI is InChI=1S/C21H23N5O7/c1-11(27)30-10-14-8-15(32-12(2)28)19(33-14)26-17-16(18(29)25-20(22)24-17)23-21(26)31-9-13-6-4-3-5-7-13/h3-7,14-15,19H,8-10H2,1-2H3,(H3,22,24,25,29)/t14-,15-,19+/m0/s1. The Morgan fingerprint density at radius 2 is 1.97 bits per heavy atom. The molecule has 3 heterocycles. The maximum Gasteiger partial charge on any atom is 0.303 e. The number of rotatable bonds is 7. The Hall–Kier alpha value is -3.93. The van der Waals surface area contributed by atoms with E-state index in [1.54, 1.807) is 0 Å². The molecule has 0 spiro atoms. The van der Waals surface area contributed by atoms with Crippen LogP contribution in [-0.2, 0) is 30.4 Å². The fraction of sp³-hybridized carbons (Fsp3) is 0.381. The number of nitrogens with one attached hydrogen (secondary N) is 1. The number of benzene rings is 1. The van der Waals surface area contributed by atoms with Gasteiger partial charge in [-0.2, -0.15) is 9.97 Å². The molecular formula is C21H23N5O7. The first-order valence-corrected chi connectivity index (χ1v) is 10.2. The van der Waals surface area contributed by atoms with E-state index in [9.17, 15) is 14.4 Å². The minimum absolute atomic E-state index is 0.0131. The van der Waals surface area contributed by atoms with Crippen molar-refractivity contribution >= 4 is 29.1 Å². The molecule has 1 aromatic carbocycles. The van der Waals surface area contributed by atoms with E-state index in [-0.39, 0.29) is 42.8 Å². The predicted molar refractivity (Wildman–Crippen MR) is 114 cm³/mol. The molecule has 3 aromatic rings. The van der Waals surface area contributed by atoms with Gasteiger partial charge in [0.1, 0.15) is 19.3 Å². The van der Waals surface area contributed by atoms with Crippen LogP contribution in [0.3, 0.4) is 0 Å². The van der Waals surface area contributed by atoms with Crippen molar-refractivity contribution < 1.29 is 28.5 Å². The van der Waals surface area contributed by atoms with Crippen molar-refractivity contribution in [1.29, 1.82) is 0 Å². The van der Waals surface area contributed by atoms with Crippen molar-refractivity contribution in [3.63, 3.8) is 0 Å². The van der Waals surface area contributed by atoms with Crippen LogP contribution < -0.4 is 16.0 Å². The van der Waals surface area contributed by atoms with Gasteiger partial charge in [-0.1, -0.05) is 30.3 Å². The molecular weight excluding hydrogens is 434 g/mol. The van der Waals surface area contributed by atoms with E-state index in [0.29, 0.717) is 0 Å². The molecule has 1 aliphatic rings. The Balaban J connectivity index is 1.74. The molecule has 0 saturated carbocycles. The van der Waals surface area contributed by atoms with Gasteiger partial charge in [0.2, 0.25) is 5.95 Å². The SMILES string of the molecule is CC(=O)OC[C@@H]1C[C@H](OC(C)=O)[C@H](n2c(OCc3ccccc3)nc3c(=O)[nH]c(N)nc32)O1. The number of carbonyl (C=O) groups is 2. The van der Waals surface area contributed by atoms with Crippen LogP contribution in [0.5, 0.6) is 6.01 Å². The quantitative estimate of drug-likeness (QED) is 0.491. The van der Waals surface area contributed by atoms with Crippen LogP contribution in [-0.4, -0.2) is 50.3 Å². The molecule has 1 saturated heterocycles. The third kappa shape index (κ3) is 4.95. The van der Waals surface area contributed by atoms with Gasteiger partial charge in [-0.3, -0.25) is 19.4 Å². The van der Waals surface area contributed by atoms with E-state index in [1.165, 1.54) is 18.4 Å². The highest BCUT2D eigenvalue weighted by molar-refractivity contribution is 5.72. The number of nitrogens with two attached hydrogens (primary N) is 1. The average Bonchev–Trinajstić information content (AvgIpc) is 3.31. The van der Waals surface area contributed by atoms with Crippen LogP contribution in [0.4, 0.5) is 5.95 Å². The number of ether oxygens (including phenoxy) is 4. The zero-order valence-corrected chi connectivity index (χ0v) is 18.0. The van der Waals surface area contributed by atoms with Crippen LogP contribution in [0.2, 0.25) is 0 Å². The summed E-state index contributed by atoms with van der Waals surface area (Å²) in [4.78, 5) is 46.3. The molecule has 0 radical (unpaired) electrons. The highest BCUT2D eigenvalue weighted by Gasteiger charge is 2.42. The van der Waals surface area contributed by atoms with Gasteiger partial charge in [-0.05, 0) is 5.56 Å². The zero-order chi connectivity index (χ0) is 23.5. The number of esters is 2. The van der Waals surface area contributed by atoms with Crippen molar-refractivity contribution in [1.82, 2.24) is 19.5 Å². The molecule has 3 N–H and O–H groups in total. The van der Waals surface area contributed by atoms with Crippen molar-refractivity contribution in [3.8, 4) is 6.01 Å². The van der Waals surface area contributed by atoms with E-state index in [4.69, 9.17) is 24.7 Å². The van der Waals surface area contributed by atoms with E-state index in [0.717, 1.165) is 5.56 Å². The molecule has 1 fully saturated rings. The summed E-state index contributed by atoms with van der Waals surface area (Å²) in [5, 5.41) is 0. The smallest absolute Gasteiger partial charge is 0.303 e. The molecule has 4 rings (SSSR count). The Bertz CT molecular complexity index is 1220.